The van der Waals surface area contributed by atoms with Crippen LogP contribution in [-0.4, -0.2) is 35.0 Å². The van der Waals surface area contributed by atoms with E-state index in [9.17, 15) is 14.7 Å². The minimum atomic E-state index is -0.851. The van der Waals surface area contributed by atoms with E-state index in [1.54, 1.807) is 73.1 Å². The van der Waals surface area contributed by atoms with Gasteiger partial charge in [0.25, 0.3) is 11.7 Å². The average Bonchev–Trinajstić information content (AvgIpc) is 3.09. The zero-order chi connectivity index (χ0) is 23.5. The van der Waals surface area contributed by atoms with E-state index in [2.05, 4.69) is 4.98 Å². The summed E-state index contributed by atoms with van der Waals surface area (Å²) in [4.78, 5) is 31.8. The summed E-state index contributed by atoms with van der Waals surface area (Å²) in [5, 5.41) is 11.2. The number of aliphatic hydroxyl groups excluding tert-OH is 1. The zero-order valence-electron chi connectivity index (χ0n) is 18.6. The van der Waals surface area contributed by atoms with E-state index in [4.69, 9.17) is 9.47 Å². The topological polar surface area (TPSA) is 89.0 Å². The summed E-state index contributed by atoms with van der Waals surface area (Å²) in [5.74, 6) is -0.704. The van der Waals surface area contributed by atoms with Crippen LogP contribution in [0.4, 0.5) is 5.69 Å². The highest BCUT2D eigenvalue weighted by Crippen LogP contribution is 2.44. The summed E-state index contributed by atoms with van der Waals surface area (Å²) in [6, 6.07) is 16.3. The van der Waals surface area contributed by atoms with Crippen molar-refractivity contribution >= 4 is 23.1 Å². The first kappa shape index (κ1) is 22.1. The molecule has 4 rings (SSSR count). The molecule has 1 fully saturated rings. The molecule has 3 aromatic rings. The lowest BCUT2D eigenvalue weighted by Gasteiger charge is -2.26. The largest absolute Gasteiger partial charge is 0.507 e. The Balaban J connectivity index is 1.87. The normalized spacial score (nSPS) is 17.5. The van der Waals surface area contributed by atoms with Gasteiger partial charge in [0, 0.05) is 18.0 Å². The van der Waals surface area contributed by atoms with Crippen molar-refractivity contribution in [1.29, 1.82) is 0 Å². The Bertz CT molecular complexity index is 1200. The number of hydrogen-bond acceptors (Lipinski definition) is 6. The minimum absolute atomic E-state index is 0.00214. The van der Waals surface area contributed by atoms with Crippen LogP contribution >= 0.6 is 0 Å². The van der Waals surface area contributed by atoms with Crippen molar-refractivity contribution in [1.82, 2.24) is 4.98 Å². The molecular formula is C26H24N2O5. The molecule has 0 aliphatic carbocycles. The van der Waals surface area contributed by atoms with Gasteiger partial charge in [0.15, 0.2) is 0 Å². The maximum atomic E-state index is 13.2. The molecule has 7 heteroatoms. The molecule has 1 atom stereocenters. The lowest BCUT2D eigenvalue weighted by Crippen LogP contribution is -2.29. The molecule has 2 heterocycles. The van der Waals surface area contributed by atoms with E-state index in [1.165, 1.54) is 12.0 Å². The van der Waals surface area contributed by atoms with Gasteiger partial charge in [-0.05, 0) is 67.9 Å². The quantitative estimate of drug-likeness (QED) is 0.342. The second-order valence-corrected chi connectivity index (χ2v) is 7.81. The van der Waals surface area contributed by atoms with Crippen LogP contribution in [0.25, 0.3) is 5.76 Å². The Labute approximate surface area is 191 Å². The highest BCUT2D eigenvalue weighted by atomic mass is 16.5. The number of carbonyl (C=O) groups is 2. The molecule has 1 aliphatic rings. The predicted molar refractivity (Wildman–Crippen MR) is 124 cm³/mol. The summed E-state index contributed by atoms with van der Waals surface area (Å²) in [7, 11) is 1.50. The van der Waals surface area contributed by atoms with E-state index in [0.717, 1.165) is 0 Å². The van der Waals surface area contributed by atoms with E-state index in [1.807, 2.05) is 13.8 Å². The van der Waals surface area contributed by atoms with E-state index in [0.29, 0.717) is 28.3 Å². The number of rotatable bonds is 6. The molecule has 168 valence electrons. The smallest absolute Gasteiger partial charge is 0.300 e. The van der Waals surface area contributed by atoms with Gasteiger partial charge in [-0.3, -0.25) is 19.5 Å². The van der Waals surface area contributed by atoms with Crippen LogP contribution in [0.15, 0.2) is 78.6 Å². The van der Waals surface area contributed by atoms with Gasteiger partial charge >= 0.3 is 0 Å². The summed E-state index contributed by atoms with van der Waals surface area (Å²) in [6.45, 7) is 3.84. The molecule has 1 aliphatic heterocycles. The van der Waals surface area contributed by atoms with Gasteiger partial charge in [-0.15, -0.1) is 0 Å². The first-order valence-electron chi connectivity index (χ1n) is 10.5. The number of pyridine rings is 1. The van der Waals surface area contributed by atoms with Gasteiger partial charge in [-0.1, -0.05) is 12.1 Å². The molecule has 1 N–H and O–H groups in total. The van der Waals surface area contributed by atoms with E-state index in [-0.39, 0.29) is 17.4 Å². The number of benzene rings is 2. The molecule has 33 heavy (non-hydrogen) atoms. The maximum absolute atomic E-state index is 13.2. The molecule has 0 bridgehead atoms. The molecule has 2 aromatic carbocycles. The van der Waals surface area contributed by atoms with Crippen molar-refractivity contribution in [3.63, 3.8) is 0 Å². The average molecular weight is 444 g/mol. The molecule has 1 amide bonds. The lowest BCUT2D eigenvalue weighted by atomic mass is 9.95. The number of hydrogen-bond donors (Lipinski definition) is 1. The van der Waals surface area contributed by atoms with Gasteiger partial charge in [0.05, 0.1) is 30.5 Å². The highest BCUT2D eigenvalue weighted by Gasteiger charge is 2.47. The summed E-state index contributed by atoms with van der Waals surface area (Å²) < 4.78 is 11.1. The van der Waals surface area contributed by atoms with Crippen molar-refractivity contribution in [3.05, 3.63) is 89.8 Å². The first-order chi connectivity index (χ1) is 15.9. The second-order valence-electron chi connectivity index (χ2n) is 7.81. The van der Waals surface area contributed by atoms with Crippen LogP contribution in [0.1, 0.15) is 31.0 Å². The van der Waals surface area contributed by atoms with Crippen LogP contribution < -0.4 is 14.4 Å². The number of amides is 1. The first-order valence-corrected chi connectivity index (χ1v) is 10.5. The van der Waals surface area contributed by atoms with E-state index < -0.39 is 17.7 Å². The monoisotopic (exact) mass is 444 g/mol. The third-order valence-corrected chi connectivity index (χ3v) is 5.31. The van der Waals surface area contributed by atoms with E-state index >= 15 is 0 Å². The van der Waals surface area contributed by atoms with Crippen LogP contribution in [0.5, 0.6) is 11.5 Å². The van der Waals surface area contributed by atoms with Gasteiger partial charge in [-0.2, -0.15) is 0 Å². The Morgan fingerprint density at radius 1 is 1.00 bits per heavy atom. The number of ether oxygens (including phenoxy) is 2. The van der Waals surface area contributed by atoms with Crippen LogP contribution in [0, 0.1) is 0 Å². The van der Waals surface area contributed by atoms with Crippen molar-refractivity contribution in [2.24, 2.45) is 0 Å². The lowest BCUT2D eigenvalue weighted by molar-refractivity contribution is -0.132. The van der Waals surface area contributed by atoms with Gasteiger partial charge < -0.3 is 14.6 Å². The van der Waals surface area contributed by atoms with Crippen LogP contribution in [0.2, 0.25) is 0 Å². The second kappa shape index (κ2) is 9.16. The van der Waals surface area contributed by atoms with Gasteiger partial charge in [0.2, 0.25) is 0 Å². The summed E-state index contributed by atoms with van der Waals surface area (Å²) in [6.07, 6.45) is 3.16. The van der Waals surface area contributed by atoms with Crippen molar-refractivity contribution in [3.8, 4) is 11.5 Å². The fourth-order valence-corrected chi connectivity index (χ4v) is 3.89. The van der Waals surface area contributed by atoms with Gasteiger partial charge in [-0.25, -0.2) is 0 Å². The third-order valence-electron chi connectivity index (χ3n) is 5.31. The number of methoxy groups -OCH3 is 1. The zero-order valence-corrected chi connectivity index (χ0v) is 18.6. The molecule has 1 saturated heterocycles. The van der Waals surface area contributed by atoms with Crippen molar-refractivity contribution < 1.29 is 24.2 Å². The number of nitrogens with zero attached hydrogens (tertiary/aromatic N) is 2. The number of anilines is 1. The Morgan fingerprint density at radius 3 is 2.30 bits per heavy atom. The number of Topliss-reactive ketones (excluding diaryl/α,β-unsaturated/α-hetero) is 1. The number of carbonyl (C=O) groups excluding carboxylic acids is 2. The molecule has 0 radical (unpaired) electrons. The van der Waals surface area contributed by atoms with Crippen molar-refractivity contribution in [2.75, 3.05) is 12.0 Å². The van der Waals surface area contributed by atoms with Crippen LogP contribution in [-0.2, 0) is 9.59 Å². The highest BCUT2D eigenvalue weighted by molar-refractivity contribution is 6.51. The molecule has 1 unspecified atom stereocenters. The minimum Gasteiger partial charge on any atom is -0.507 e. The predicted octanol–water partition coefficient (Wildman–Crippen LogP) is 4.50. The maximum Gasteiger partial charge on any atom is 0.300 e. The molecule has 1 aromatic heterocycles. The third kappa shape index (κ3) is 4.17. The number of aliphatic hydroxyl groups is 1. The molecule has 7 nitrogen and oxygen atoms in total. The number of ketones is 1. The fourth-order valence-electron chi connectivity index (χ4n) is 3.89. The summed E-state index contributed by atoms with van der Waals surface area (Å²) in [5.41, 5.74) is 1.47. The SMILES string of the molecule is COc1ccccc1N1C(=O)C(=O)/C(=C(/O)c2ccc(OC(C)C)cc2)C1c1ccncc1. The number of aromatic nitrogens is 1. The fraction of sp³-hybridized carbons (Fsp3) is 0.192. The number of para-hydroxylation sites is 2. The Hall–Kier alpha value is -4.13. The Kier molecular flexibility index (Phi) is 6.13. The van der Waals surface area contributed by atoms with Crippen LogP contribution in [0.3, 0.4) is 0 Å². The molecule has 0 spiro atoms. The van der Waals surface area contributed by atoms with Gasteiger partial charge in [0.1, 0.15) is 17.3 Å². The van der Waals surface area contributed by atoms with Crippen molar-refractivity contribution in [2.45, 2.75) is 26.0 Å². The molecular weight excluding hydrogens is 420 g/mol. The Morgan fingerprint density at radius 2 is 1.67 bits per heavy atom. The molecule has 0 saturated carbocycles. The standard InChI is InChI=1S/C26H24N2O5/c1-16(2)33-19-10-8-18(9-11-19)24(29)22-23(17-12-14-27-15-13-17)28(26(31)25(22)30)20-6-4-5-7-21(20)32-3/h4-16,23,29H,1-3H3/b24-22+. The summed E-state index contributed by atoms with van der Waals surface area (Å²) >= 11 is 0.